The van der Waals surface area contributed by atoms with E-state index >= 15 is 0 Å². The van der Waals surface area contributed by atoms with Crippen molar-refractivity contribution in [2.24, 2.45) is 5.10 Å². The topological polar surface area (TPSA) is 59.4 Å². The van der Waals surface area contributed by atoms with Crippen molar-refractivity contribution in [3.8, 4) is 17.0 Å². The molecule has 0 atom stereocenters. The molecule has 0 saturated heterocycles. The van der Waals surface area contributed by atoms with Crippen LogP contribution < -0.4 is 10.2 Å². The molecule has 25 heavy (non-hydrogen) atoms. The highest BCUT2D eigenvalue weighted by Crippen LogP contribution is 2.23. The van der Waals surface area contributed by atoms with E-state index in [-0.39, 0.29) is 0 Å². The first-order chi connectivity index (χ1) is 12.1. The first-order valence-electron chi connectivity index (χ1n) is 7.36. The number of aromatic nitrogens is 2. The molecule has 0 saturated carbocycles. The van der Waals surface area contributed by atoms with E-state index in [2.05, 4.69) is 20.1 Å². The number of nitrogens with zero attached hydrogens (tertiary/aromatic N) is 3. The van der Waals surface area contributed by atoms with Crippen molar-refractivity contribution < 1.29 is 4.74 Å². The third kappa shape index (κ3) is 5.16. The number of hydrogen-bond donors (Lipinski definition) is 1. The third-order valence-electron chi connectivity index (χ3n) is 3.20. The van der Waals surface area contributed by atoms with Crippen LogP contribution >= 0.6 is 34.7 Å². The first kappa shape index (κ1) is 17.7. The van der Waals surface area contributed by atoms with Gasteiger partial charge in [-0.2, -0.15) is 5.10 Å². The van der Waals surface area contributed by atoms with Gasteiger partial charge in [0.1, 0.15) is 18.1 Å². The Morgan fingerprint density at radius 2 is 1.88 bits per heavy atom. The van der Waals surface area contributed by atoms with Gasteiger partial charge in [-0.05, 0) is 60.9 Å². The Kier molecular flexibility index (Phi) is 5.86. The summed E-state index contributed by atoms with van der Waals surface area (Å²) in [5.41, 5.74) is 6.28. The van der Waals surface area contributed by atoms with Crippen molar-refractivity contribution in [1.29, 1.82) is 0 Å². The number of hydrogen-bond acceptors (Lipinski definition) is 6. The van der Waals surface area contributed by atoms with E-state index in [1.165, 1.54) is 11.5 Å². The second kappa shape index (κ2) is 8.29. The Hall–Kier alpha value is -2.15. The fraction of sp³-hybridized carbons (Fsp3) is 0.118. The predicted molar refractivity (Wildman–Crippen MR) is 104 cm³/mol. The lowest BCUT2D eigenvalue weighted by Crippen LogP contribution is -2.09. The Labute approximate surface area is 159 Å². The number of halogens is 2. The number of rotatable bonds is 6. The molecule has 0 aliphatic rings. The van der Waals surface area contributed by atoms with Crippen LogP contribution in [-0.2, 0) is 0 Å². The van der Waals surface area contributed by atoms with Gasteiger partial charge in [0.15, 0.2) is 0 Å². The highest BCUT2D eigenvalue weighted by molar-refractivity contribution is 7.03. The molecule has 3 aromatic rings. The summed E-state index contributed by atoms with van der Waals surface area (Å²) in [6, 6.07) is 12.8. The molecule has 0 aliphatic carbocycles. The summed E-state index contributed by atoms with van der Waals surface area (Å²) in [5, 5.41) is 11.3. The highest BCUT2D eigenvalue weighted by atomic mass is 35.5. The lowest BCUT2D eigenvalue weighted by molar-refractivity contribution is 0.376. The molecule has 0 amide bonds. The molecule has 0 radical (unpaired) electrons. The van der Waals surface area contributed by atoms with Crippen LogP contribution in [0.4, 0.5) is 5.69 Å². The van der Waals surface area contributed by atoms with Crippen molar-refractivity contribution in [3.05, 3.63) is 57.9 Å². The van der Waals surface area contributed by atoms with Crippen LogP contribution in [0.5, 0.6) is 5.75 Å². The second-order valence-electron chi connectivity index (χ2n) is 5.22. The highest BCUT2D eigenvalue weighted by Gasteiger charge is 2.02. The molecular weight excluding hydrogens is 379 g/mol. The van der Waals surface area contributed by atoms with Crippen molar-refractivity contribution in [2.75, 3.05) is 12.0 Å². The standard InChI is InChI=1S/C17H14Cl2N4OS/c1-11(20-21-15-7-13(18)6-14(19)8-15)9-24-16-4-2-12(3-5-16)17-10-25-23-22-17/h2-8,10,21H,9H2,1H3/b20-11-. The maximum atomic E-state index is 5.95. The molecule has 0 bridgehead atoms. The minimum atomic E-state index is 0.360. The van der Waals surface area contributed by atoms with Crippen LogP contribution in [0.2, 0.25) is 10.0 Å². The molecule has 1 heterocycles. The van der Waals surface area contributed by atoms with E-state index in [0.717, 1.165) is 28.4 Å². The number of hydrazone groups is 1. The minimum absolute atomic E-state index is 0.360. The summed E-state index contributed by atoms with van der Waals surface area (Å²) in [5.74, 6) is 0.757. The van der Waals surface area contributed by atoms with E-state index in [9.17, 15) is 0 Å². The van der Waals surface area contributed by atoms with Crippen LogP contribution in [0.1, 0.15) is 6.92 Å². The quantitative estimate of drug-likeness (QED) is 0.451. The van der Waals surface area contributed by atoms with Crippen molar-refractivity contribution in [1.82, 2.24) is 9.59 Å². The molecule has 1 N–H and O–H groups in total. The van der Waals surface area contributed by atoms with E-state index in [1.54, 1.807) is 18.2 Å². The van der Waals surface area contributed by atoms with Crippen LogP contribution in [0, 0.1) is 0 Å². The van der Waals surface area contributed by atoms with Gasteiger partial charge in [-0.1, -0.05) is 27.7 Å². The Balaban J connectivity index is 1.55. The molecular formula is C17H14Cl2N4OS. The van der Waals surface area contributed by atoms with Gasteiger partial charge in [-0.3, -0.25) is 5.43 Å². The third-order valence-corrected chi connectivity index (χ3v) is 4.14. The normalized spacial score (nSPS) is 11.4. The number of ether oxygens (including phenoxy) is 1. The van der Waals surface area contributed by atoms with Gasteiger partial charge in [0.05, 0.1) is 11.4 Å². The van der Waals surface area contributed by atoms with E-state index in [1.807, 2.05) is 36.6 Å². The summed E-state index contributed by atoms with van der Waals surface area (Å²) in [7, 11) is 0. The summed E-state index contributed by atoms with van der Waals surface area (Å²) >= 11 is 13.2. The number of benzene rings is 2. The second-order valence-corrected chi connectivity index (χ2v) is 6.70. The van der Waals surface area contributed by atoms with E-state index in [0.29, 0.717) is 16.7 Å². The fourth-order valence-electron chi connectivity index (χ4n) is 2.01. The lowest BCUT2D eigenvalue weighted by atomic mass is 10.2. The van der Waals surface area contributed by atoms with Crippen LogP contribution in [0.15, 0.2) is 52.9 Å². The monoisotopic (exact) mass is 392 g/mol. The van der Waals surface area contributed by atoms with Crippen LogP contribution in [-0.4, -0.2) is 21.9 Å². The van der Waals surface area contributed by atoms with Crippen molar-refractivity contribution in [3.63, 3.8) is 0 Å². The van der Waals surface area contributed by atoms with Gasteiger partial charge in [0.25, 0.3) is 0 Å². The minimum Gasteiger partial charge on any atom is -0.488 e. The molecule has 8 heteroatoms. The molecule has 0 fully saturated rings. The molecule has 0 aliphatic heterocycles. The molecule has 0 spiro atoms. The Morgan fingerprint density at radius 1 is 1.16 bits per heavy atom. The summed E-state index contributed by atoms with van der Waals surface area (Å²) < 4.78 is 9.58. The molecule has 128 valence electrons. The zero-order valence-corrected chi connectivity index (χ0v) is 15.6. The van der Waals surface area contributed by atoms with Crippen molar-refractivity contribution in [2.45, 2.75) is 6.92 Å². The molecule has 1 aromatic heterocycles. The van der Waals surface area contributed by atoms with Crippen LogP contribution in [0.25, 0.3) is 11.3 Å². The summed E-state index contributed by atoms with van der Waals surface area (Å²) in [4.78, 5) is 0. The molecule has 2 aromatic carbocycles. The lowest BCUT2D eigenvalue weighted by Gasteiger charge is -2.07. The first-order valence-corrected chi connectivity index (χ1v) is 8.95. The van der Waals surface area contributed by atoms with Gasteiger partial charge < -0.3 is 4.74 Å². The SMILES string of the molecule is C/C(COc1ccc(-c2csnn2)cc1)=N/Nc1cc(Cl)cc(Cl)c1. The number of nitrogens with one attached hydrogen (secondary N) is 1. The van der Waals surface area contributed by atoms with Gasteiger partial charge in [-0.15, -0.1) is 5.10 Å². The maximum absolute atomic E-state index is 5.95. The average Bonchev–Trinajstić information content (AvgIpc) is 3.12. The maximum Gasteiger partial charge on any atom is 0.128 e. The zero-order valence-electron chi connectivity index (χ0n) is 13.2. The summed E-state index contributed by atoms with van der Waals surface area (Å²) in [6.07, 6.45) is 0. The van der Waals surface area contributed by atoms with Crippen molar-refractivity contribution >= 4 is 46.1 Å². The Bertz CT molecular complexity index is 847. The number of anilines is 1. The van der Waals surface area contributed by atoms with Gasteiger partial charge in [0, 0.05) is 21.0 Å². The van der Waals surface area contributed by atoms with E-state index in [4.69, 9.17) is 27.9 Å². The largest absolute Gasteiger partial charge is 0.488 e. The summed E-state index contributed by atoms with van der Waals surface area (Å²) in [6.45, 7) is 2.23. The Morgan fingerprint density at radius 3 is 2.52 bits per heavy atom. The fourth-order valence-corrected chi connectivity index (χ4v) is 3.00. The smallest absolute Gasteiger partial charge is 0.128 e. The molecule has 0 unspecified atom stereocenters. The average molecular weight is 393 g/mol. The predicted octanol–water partition coefficient (Wildman–Crippen LogP) is 5.38. The van der Waals surface area contributed by atoms with E-state index < -0.39 is 0 Å². The zero-order chi connectivity index (χ0) is 17.6. The molecule has 3 rings (SSSR count). The molecule has 5 nitrogen and oxygen atoms in total. The van der Waals surface area contributed by atoms with Crippen LogP contribution in [0.3, 0.4) is 0 Å². The van der Waals surface area contributed by atoms with Gasteiger partial charge >= 0.3 is 0 Å². The van der Waals surface area contributed by atoms with Gasteiger partial charge in [-0.25, -0.2) is 0 Å². The van der Waals surface area contributed by atoms with Gasteiger partial charge in [0.2, 0.25) is 0 Å².